The molecule has 0 radical (unpaired) electrons. The quantitative estimate of drug-likeness (QED) is 0.368. The van der Waals surface area contributed by atoms with Crippen LogP contribution in [0.5, 0.6) is 34.5 Å². The number of aliphatic hydroxyl groups is 4. The van der Waals surface area contributed by atoms with E-state index in [9.17, 15) is 30.3 Å². The summed E-state index contributed by atoms with van der Waals surface area (Å²) in [4.78, 5) is 13.4. The van der Waals surface area contributed by atoms with Gasteiger partial charge in [0.05, 0.1) is 19.6 Å². The Morgan fingerprint density at radius 2 is 1.77 bits per heavy atom. The molecule has 3 aliphatic heterocycles. The summed E-state index contributed by atoms with van der Waals surface area (Å²) in [6, 6.07) is 6.39. The molecule has 6 atom stereocenters. The molecule has 0 aromatic heterocycles. The first kappa shape index (κ1) is 23.5. The van der Waals surface area contributed by atoms with E-state index in [1.54, 1.807) is 18.2 Å². The summed E-state index contributed by atoms with van der Waals surface area (Å²) < 4.78 is 32.7. The number of aliphatic hydroxyl groups excluding tert-OH is 4. The molecule has 3 aliphatic rings. The van der Waals surface area contributed by atoms with Crippen LogP contribution >= 0.6 is 0 Å². The average Bonchev–Trinajstić information content (AvgIpc) is 3.32. The van der Waals surface area contributed by atoms with Crippen molar-refractivity contribution >= 4 is 5.78 Å². The van der Waals surface area contributed by atoms with Gasteiger partial charge in [0, 0.05) is 6.07 Å². The van der Waals surface area contributed by atoms with Gasteiger partial charge >= 0.3 is 0 Å². The van der Waals surface area contributed by atoms with Crippen molar-refractivity contribution in [3.8, 4) is 34.5 Å². The van der Waals surface area contributed by atoms with Gasteiger partial charge in [0.15, 0.2) is 28.8 Å². The highest BCUT2D eigenvalue weighted by molar-refractivity contribution is 6.07. The molecule has 0 amide bonds. The minimum atomic E-state index is -1.69. The molecule has 12 nitrogen and oxygen atoms in total. The van der Waals surface area contributed by atoms with Gasteiger partial charge in [-0.2, -0.15) is 0 Å². The lowest BCUT2D eigenvalue weighted by Crippen LogP contribution is -2.60. The third kappa shape index (κ3) is 3.89. The van der Waals surface area contributed by atoms with Crippen molar-refractivity contribution < 1.29 is 58.7 Å². The molecule has 188 valence electrons. The number of phenolic OH excluding ortho intramolecular Hbond substituents is 1. The summed E-state index contributed by atoms with van der Waals surface area (Å²) in [5.41, 5.74) is 0.502. The van der Waals surface area contributed by atoms with Crippen molar-refractivity contribution in [2.45, 2.75) is 36.6 Å². The maximum Gasteiger partial charge on any atom is 0.231 e. The van der Waals surface area contributed by atoms with Crippen LogP contribution in [0, 0.1) is 0 Å². The Balaban J connectivity index is 1.45. The monoisotopic (exact) mass is 492 g/mol. The third-order valence-corrected chi connectivity index (χ3v) is 6.25. The molecule has 12 heteroatoms. The molecule has 0 spiro atoms. The zero-order chi connectivity index (χ0) is 24.9. The highest BCUT2D eigenvalue weighted by Gasteiger charge is 2.45. The second kappa shape index (κ2) is 9.06. The molecule has 1 saturated heterocycles. The molecule has 5 rings (SSSR count). The fourth-order valence-electron chi connectivity index (χ4n) is 4.33. The Hall–Kier alpha value is -3.29. The molecule has 0 aliphatic carbocycles. The van der Waals surface area contributed by atoms with Crippen LogP contribution in [-0.4, -0.2) is 89.1 Å². The first-order chi connectivity index (χ1) is 16.8. The SMILES string of the molecule is COc1c(OC2OC(CO)C(O)C(O)C2O)cc2c(c1O)C(=O)C(c1ccc3c(c1)OCO3)CO2. The minimum Gasteiger partial charge on any atom is -0.504 e. The highest BCUT2D eigenvalue weighted by Crippen LogP contribution is 2.49. The van der Waals surface area contributed by atoms with Crippen LogP contribution < -0.4 is 23.7 Å². The number of aromatic hydroxyl groups is 1. The van der Waals surface area contributed by atoms with Gasteiger partial charge in [0.2, 0.25) is 18.8 Å². The van der Waals surface area contributed by atoms with E-state index in [1.165, 1.54) is 13.2 Å². The Kier molecular flexibility index (Phi) is 6.07. The van der Waals surface area contributed by atoms with Crippen LogP contribution in [0.2, 0.25) is 0 Å². The van der Waals surface area contributed by atoms with Crippen LogP contribution in [0.3, 0.4) is 0 Å². The molecule has 0 saturated carbocycles. The van der Waals surface area contributed by atoms with Gasteiger partial charge in [0.1, 0.15) is 42.3 Å². The summed E-state index contributed by atoms with van der Waals surface area (Å²) >= 11 is 0. The van der Waals surface area contributed by atoms with E-state index < -0.39 is 54.8 Å². The lowest BCUT2D eigenvalue weighted by Gasteiger charge is -2.39. The van der Waals surface area contributed by atoms with Gasteiger partial charge in [-0.15, -0.1) is 0 Å². The smallest absolute Gasteiger partial charge is 0.231 e. The van der Waals surface area contributed by atoms with Crippen LogP contribution in [0.4, 0.5) is 0 Å². The first-order valence-electron chi connectivity index (χ1n) is 10.8. The Labute approximate surface area is 198 Å². The summed E-state index contributed by atoms with van der Waals surface area (Å²) in [6.07, 6.45) is -7.65. The molecule has 35 heavy (non-hydrogen) atoms. The van der Waals surface area contributed by atoms with Gasteiger partial charge < -0.3 is 54.0 Å². The average molecular weight is 492 g/mol. The summed E-state index contributed by atoms with van der Waals surface area (Å²) in [6.45, 7) is -0.584. The van der Waals surface area contributed by atoms with Crippen molar-refractivity contribution in [2.24, 2.45) is 0 Å². The molecule has 5 N–H and O–H groups in total. The standard InChI is InChI=1S/C23H24O12/c1-30-22-14(34-23-21(29)20(28)18(26)15(6-24)35-23)5-13-16(19(22)27)17(25)10(7-31-13)9-2-3-11-12(4-9)33-8-32-11/h2-5,10,15,18,20-21,23-24,26-29H,6-8H2,1H3. The fourth-order valence-corrected chi connectivity index (χ4v) is 4.33. The van der Waals surface area contributed by atoms with Crippen LogP contribution in [0.25, 0.3) is 0 Å². The number of rotatable bonds is 5. The summed E-state index contributed by atoms with van der Waals surface area (Å²) in [5, 5.41) is 50.5. The lowest BCUT2D eigenvalue weighted by molar-refractivity contribution is -0.277. The molecular weight excluding hydrogens is 468 g/mol. The molecular formula is C23H24O12. The molecule has 1 fully saturated rings. The van der Waals surface area contributed by atoms with E-state index >= 15 is 0 Å². The lowest BCUT2D eigenvalue weighted by atomic mass is 9.88. The zero-order valence-electron chi connectivity index (χ0n) is 18.5. The number of Topliss-reactive ketones (excluding diaryl/α,β-unsaturated/α-hetero) is 1. The molecule has 0 bridgehead atoms. The molecule has 2 aromatic carbocycles. The van der Waals surface area contributed by atoms with Gasteiger partial charge in [-0.05, 0) is 17.7 Å². The number of methoxy groups -OCH3 is 1. The van der Waals surface area contributed by atoms with Gasteiger partial charge in [-0.25, -0.2) is 0 Å². The predicted octanol–water partition coefficient (Wildman–Crippen LogP) is -0.333. The second-order valence-corrected chi connectivity index (χ2v) is 8.29. The number of hydrogen-bond acceptors (Lipinski definition) is 12. The normalized spacial score (nSPS) is 29.3. The van der Waals surface area contributed by atoms with Crippen LogP contribution in [0.1, 0.15) is 21.8 Å². The number of carbonyl (C=O) groups excluding carboxylic acids is 1. The maximum absolute atomic E-state index is 13.4. The van der Waals surface area contributed by atoms with E-state index in [2.05, 4.69) is 0 Å². The van der Waals surface area contributed by atoms with Gasteiger partial charge in [-0.1, -0.05) is 6.07 Å². The third-order valence-electron chi connectivity index (χ3n) is 6.25. The maximum atomic E-state index is 13.4. The van der Waals surface area contributed by atoms with Crippen LogP contribution in [-0.2, 0) is 4.74 Å². The van der Waals surface area contributed by atoms with Crippen molar-refractivity contribution in [1.29, 1.82) is 0 Å². The van der Waals surface area contributed by atoms with Crippen LogP contribution in [0.15, 0.2) is 24.3 Å². The number of carbonyl (C=O) groups is 1. The van der Waals surface area contributed by atoms with Crippen molar-refractivity contribution in [1.82, 2.24) is 0 Å². The molecule has 6 unspecified atom stereocenters. The number of benzene rings is 2. The van der Waals surface area contributed by atoms with E-state index in [1.807, 2.05) is 0 Å². The predicted molar refractivity (Wildman–Crippen MR) is 114 cm³/mol. The Morgan fingerprint density at radius 1 is 1.00 bits per heavy atom. The highest BCUT2D eigenvalue weighted by atomic mass is 16.7. The molecule has 2 aromatic rings. The molecule has 3 heterocycles. The Morgan fingerprint density at radius 3 is 2.51 bits per heavy atom. The van der Waals surface area contributed by atoms with E-state index in [0.717, 1.165) is 0 Å². The van der Waals surface area contributed by atoms with Gasteiger partial charge in [0.25, 0.3) is 0 Å². The van der Waals surface area contributed by atoms with E-state index in [4.69, 9.17) is 28.4 Å². The topological polar surface area (TPSA) is 174 Å². The van der Waals surface area contributed by atoms with Crippen molar-refractivity contribution in [3.63, 3.8) is 0 Å². The van der Waals surface area contributed by atoms with Gasteiger partial charge in [-0.3, -0.25) is 4.79 Å². The van der Waals surface area contributed by atoms with Crippen molar-refractivity contribution in [3.05, 3.63) is 35.4 Å². The number of fused-ring (bicyclic) bond motifs is 2. The van der Waals surface area contributed by atoms with E-state index in [0.29, 0.717) is 17.1 Å². The number of hydrogen-bond donors (Lipinski definition) is 5. The largest absolute Gasteiger partial charge is 0.504 e. The minimum absolute atomic E-state index is 0.0184. The summed E-state index contributed by atoms with van der Waals surface area (Å²) in [5.74, 6) is -0.981. The first-order valence-corrected chi connectivity index (χ1v) is 10.8. The second-order valence-electron chi connectivity index (χ2n) is 8.29. The Bertz CT molecular complexity index is 1130. The number of ketones is 1. The fraction of sp³-hybridized carbons (Fsp3) is 0.435. The van der Waals surface area contributed by atoms with Crippen molar-refractivity contribution in [2.75, 3.05) is 27.1 Å². The number of ether oxygens (including phenoxy) is 6. The zero-order valence-corrected chi connectivity index (χ0v) is 18.5. The summed E-state index contributed by atoms with van der Waals surface area (Å²) in [7, 11) is 1.24. The number of phenols is 1. The van der Waals surface area contributed by atoms with E-state index in [-0.39, 0.29) is 36.2 Å².